The van der Waals surface area contributed by atoms with Gasteiger partial charge in [0.2, 0.25) is 0 Å². The van der Waals surface area contributed by atoms with Gasteiger partial charge in [0, 0.05) is 49.1 Å². The number of amides is 1. The van der Waals surface area contributed by atoms with E-state index in [1.54, 1.807) is 0 Å². The second-order valence-corrected chi connectivity index (χ2v) is 9.68. The van der Waals surface area contributed by atoms with E-state index in [0.717, 1.165) is 78.9 Å². The summed E-state index contributed by atoms with van der Waals surface area (Å²) in [6.45, 7) is 5.64. The van der Waals surface area contributed by atoms with Crippen molar-refractivity contribution in [3.8, 4) is 17.0 Å². The van der Waals surface area contributed by atoms with Crippen LogP contribution in [0.3, 0.4) is 0 Å². The van der Waals surface area contributed by atoms with Crippen molar-refractivity contribution in [3.05, 3.63) is 96.1 Å². The Balaban J connectivity index is 1.30. The first-order valence-corrected chi connectivity index (χ1v) is 13.4. The number of benzene rings is 3. The van der Waals surface area contributed by atoms with Gasteiger partial charge in [0.15, 0.2) is 0 Å². The summed E-state index contributed by atoms with van der Waals surface area (Å²) >= 11 is 0. The van der Waals surface area contributed by atoms with Gasteiger partial charge in [-0.1, -0.05) is 74.0 Å². The lowest BCUT2D eigenvalue weighted by Crippen LogP contribution is -2.34. The molecule has 6 heteroatoms. The molecule has 0 aliphatic carbocycles. The minimum absolute atomic E-state index is 0.223. The zero-order chi connectivity index (χ0) is 26.2. The van der Waals surface area contributed by atoms with Crippen LogP contribution in [0.2, 0.25) is 0 Å². The normalized spacial score (nSPS) is 13.9. The van der Waals surface area contributed by atoms with Gasteiger partial charge >= 0.3 is 0 Å². The third-order valence-electron chi connectivity index (χ3n) is 6.86. The highest BCUT2D eigenvalue weighted by molar-refractivity contribution is 6.07. The molecule has 38 heavy (non-hydrogen) atoms. The maximum atomic E-state index is 13.4. The van der Waals surface area contributed by atoms with Gasteiger partial charge in [-0.25, -0.2) is 10.4 Å². The molecular weight excluding hydrogens is 472 g/mol. The molecule has 6 nitrogen and oxygen atoms in total. The molecule has 1 saturated heterocycles. The first-order valence-electron chi connectivity index (χ1n) is 13.4. The van der Waals surface area contributed by atoms with Crippen LogP contribution in [-0.2, 0) is 6.54 Å². The number of likely N-dealkylation sites (tertiary alicyclic amines) is 1. The third-order valence-corrected chi connectivity index (χ3v) is 6.86. The molecule has 3 aromatic carbocycles. The van der Waals surface area contributed by atoms with Crippen molar-refractivity contribution in [1.29, 1.82) is 0 Å². The zero-order valence-corrected chi connectivity index (χ0v) is 21.9. The number of carbonyl (C=O) groups excluding carboxylic acids is 1. The average Bonchev–Trinajstić information content (AvgIpc) is 2.97. The smallest absolute Gasteiger partial charge is 0.272 e. The predicted molar refractivity (Wildman–Crippen MR) is 153 cm³/mol. The van der Waals surface area contributed by atoms with Crippen LogP contribution in [-0.4, -0.2) is 41.2 Å². The molecule has 0 radical (unpaired) electrons. The quantitative estimate of drug-likeness (QED) is 0.209. The van der Waals surface area contributed by atoms with E-state index < -0.39 is 0 Å². The summed E-state index contributed by atoms with van der Waals surface area (Å²) < 4.78 is 5.89. The molecule has 1 aromatic heterocycles. The van der Waals surface area contributed by atoms with Crippen LogP contribution in [0.5, 0.6) is 5.75 Å². The number of carbonyl (C=O) groups is 1. The Morgan fingerprint density at radius 1 is 0.974 bits per heavy atom. The molecule has 0 spiro atoms. The monoisotopic (exact) mass is 506 g/mol. The van der Waals surface area contributed by atoms with E-state index >= 15 is 0 Å². The number of pyridine rings is 1. The number of hydrazone groups is 1. The van der Waals surface area contributed by atoms with E-state index in [1.165, 1.54) is 5.56 Å². The minimum Gasteiger partial charge on any atom is -0.494 e. The molecular formula is C32H34N4O2. The number of aromatic nitrogens is 1. The Morgan fingerprint density at radius 2 is 1.76 bits per heavy atom. The van der Waals surface area contributed by atoms with Gasteiger partial charge in [0.1, 0.15) is 5.75 Å². The summed E-state index contributed by atoms with van der Waals surface area (Å²) in [7, 11) is 0. The number of nitrogens with zero attached hydrogens (tertiary/aromatic N) is 3. The Kier molecular flexibility index (Phi) is 8.41. The fourth-order valence-corrected chi connectivity index (χ4v) is 4.70. The maximum Gasteiger partial charge on any atom is 0.272 e. The van der Waals surface area contributed by atoms with Crippen molar-refractivity contribution < 1.29 is 9.53 Å². The van der Waals surface area contributed by atoms with Crippen LogP contribution in [0, 0.1) is 0 Å². The molecule has 5 rings (SSSR count). The lowest BCUT2D eigenvalue weighted by molar-refractivity contribution is 0.0956. The maximum absolute atomic E-state index is 13.4. The lowest BCUT2D eigenvalue weighted by Gasteiger charge is -2.27. The summed E-state index contributed by atoms with van der Waals surface area (Å²) in [5.74, 6) is 0.585. The molecule has 1 N–H and O–H groups in total. The van der Waals surface area contributed by atoms with Crippen molar-refractivity contribution in [2.45, 2.75) is 39.2 Å². The van der Waals surface area contributed by atoms with Gasteiger partial charge in [-0.15, -0.1) is 0 Å². The molecule has 0 atom stereocenters. The van der Waals surface area contributed by atoms with E-state index in [9.17, 15) is 4.79 Å². The number of unbranched alkanes of at least 4 members (excludes halogenated alkanes) is 1. The van der Waals surface area contributed by atoms with Crippen LogP contribution in [0.1, 0.15) is 48.5 Å². The number of hydrogen-bond donors (Lipinski definition) is 1. The summed E-state index contributed by atoms with van der Waals surface area (Å²) in [6, 6.07) is 28.0. The Hall–Kier alpha value is -4.03. The highest BCUT2D eigenvalue weighted by Crippen LogP contribution is 2.27. The van der Waals surface area contributed by atoms with E-state index in [1.807, 2.05) is 60.7 Å². The van der Waals surface area contributed by atoms with Crippen LogP contribution in [0.15, 0.2) is 90.0 Å². The van der Waals surface area contributed by atoms with Crippen molar-refractivity contribution >= 4 is 22.5 Å². The van der Waals surface area contributed by atoms with Gasteiger partial charge < -0.3 is 4.74 Å². The molecule has 0 saturated carbocycles. The molecule has 1 fully saturated rings. The minimum atomic E-state index is -0.223. The van der Waals surface area contributed by atoms with Crippen molar-refractivity contribution in [2.24, 2.45) is 5.10 Å². The van der Waals surface area contributed by atoms with Crippen molar-refractivity contribution in [2.75, 3.05) is 19.7 Å². The number of ether oxygens (including phenoxy) is 1. The fourth-order valence-electron chi connectivity index (χ4n) is 4.70. The predicted octanol–water partition coefficient (Wildman–Crippen LogP) is 6.46. The largest absolute Gasteiger partial charge is 0.494 e. The Bertz CT molecular complexity index is 1410. The molecule has 4 aromatic rings. The number of hydrogen-bond acceptors (Lipinski definition) is 5. The second-order valence-electron chi connectivity index (χ2n) is 9.68. The van der Waals surface area contributed by atoms with Gasteiger partial charge in [-0.2, -0.15) is 5.10 Å². The third kappa shape index (κ3) is 6.45. The van der Waals surface area contributed by atoms with Crippen LogP contribution in [0.4, 0.5) is 0 Å². The van der Waals surface area contributed by atoms with Crippen LogP contribution >= 0.6 is 0 Å². The molecule has 2 heterocycles. The summed E-state index contributed by atoms with van der Waals surface area (Å²) in [5.41, 5.74) is 8.16. The topological polar surface area (TPSA) is 66.8 Å². The standard InChI is InChI=1S/C32H34N4O2/c1-2-3-20-38-27-13-9-12-25(21-27)31-22-29(28-14-7-8-15-30(28)33-31)32(37)35-34-26-16-18-36(19-17-26)23-24-10-5-4-6-11-24/h4-15,21-22H,2-3,16-20,23H2,1H3,(H,35,37). The highest BCUT2D eigenvalue weighted by atomic mass is 16.5. The molecule has 1 aliphatic heterocycles. The molecule has 0 bridgehead atoms. The fraction of sp³-hybridized carbons (Fsp3) is 0.281. The van der Waals surface area contributed by atoms with Crippen molar-refractivity contribution in [3.63, 3.8) is 0 Å². The van der Waals surface area contributed by atoms with E-state index in [0.29, 0.717) is 12.2 Å². The molecule has 0 unspecified atom stereocenters. The van der Waals surface area contributed by atoms with Crippen LogP contribution in [0.25, 0.3) is 22.2 Å². The number of rotatable bonds is 9. The number of nitrogens with one attached hydrogen (secondary N) is 1. The highest BCUT2D eigenvalue weighted by Gasteiger charge is 2.17. The van der Waals surface area contributed by atoms with Gasteiger partial charge in [0.25, 0.3) is 5.91 Å². The van der Waals surface area contributed by atoms with Crippen LogP contribution < -0.4 is 10.2 Å². The zero-order valence-electron chi connectivity index (χ0n) is 21.9. The summed E-state index contributed by atoms with van der Waals surface area (Å²) in [6.07, 6.45) is 3.79. The number of para-hydroxylation sites is 1. The average molecular weight is 507 g/mol. The Labute approximate surface area is 224 Å². The first kappa shape index (κ1) is 25.6. The van der Waals surface area contributed by atoms with Gasteiger partial charge in [-0.05, 0) is 36.2 Å². The number of fused-ring (bicyclic) bond motifs is 1. The Morgan fingerprint density at radius 3 is 2.58 bits per heavy atom. The summed E-state index contributed by atoms with van der Waals surface area (Å²) in [5, 5.41) is 5.32. The van der Waals surface area contributed by atoms with E-state index in [-0.39, 0.29) is 5.91 Å². The second kappa shape index (κ2) is 12.5. The van der Waals surface area contributed by atoms with Gasteiger partial charge in [-0.3, -0.25) is 9.69 Å². The lowest BCUT2D eigenvalue weighted by atomic mass is 10.0. The molecule has 194 valence electrons. The molecule has 1 aliphatic rings. The first-order chi connectivity index (χ1) is 18.7. The SMILES string of the molecule is CCCCOc1cccc(-c2cc(C(=O)NN=C3CCN(Cc4ccccc4)CC3)c3ccccc3n2)c1. The van der Waals surface area contributed by atoms with E-state index in [2.05, 4.69) is 46.6 Å². The van der Waals surface area contributed by atoms with Crippen molar-refractivity contribution in [1.82, 2.24) is 15.3 Å². The molecule has 1 amide bonds. The number of piperidine rings is 1. The van der Waals surface area contributed by atoms with Gasteiger partial charge in [0.05, 0.1) is 23.4 Å². The van der Waals surface area contributed by atoms with E-state index in [4.69, 9.17) is 9.72 Å². The summed E-state index contributed by atoms with van der Waals surface area (Å²) in [4.78, 5) is 20.6.